The Morgan fingerprint density at radius 1 is 0.862 bits per heavy atom. The molecule has 0 amide bonds. The van der Waals surface area contributed by atoms with E-state index in [-0.39, 0.29) is 27.1 Å². The van der Waals surface area contributed by atoms with Crippen LogP contribution in [0.25, 0.3) is 0 Å². The lowest BCUT2D eigenvalue weighted by Gasteiger charge is -2.15. The average Bonchev–Trinajstić information content (AvgIpc) is 2.70. The van der Waals surface area contributed by atoms with E-state index in [0.29, 0.717) is 11.5 Å². The molecule has 1 N–H and O–H groups in total. The SMILES string of the molecule is COc1ccc(Oc2ccc(Cl)cc2NS(=O)(=O)c2cc(F)ccc2OC)cc1. The molecule has 29 heavy (non-hydrogen) atoms. The van der Waals surface area contributed by atoms with Crippen LogP contribution in [-0.2, 0) is 10.0 Å². The van der Waals surface area contributed by atoms with Gasteiger partial charge in [0.1, 0.15) is 28.0 Å². The van der Waals surface area contributed by atoms with Crippen LogP contribution in [0.4, 0.5) is 10.1 Å². The maximum absolute atomic E-state index is 13.6. The van der Waals surface area contributed by atoms with Crippen LogP contribution in [0.15, 0.2) is 65.6 Å². The quantitative estimate of drug-likeness (QED) is 0.557. The number of methoxy groups -OCH3 is 2. The number of anilines is 1. The number of sulfonamides is 1. The van der Waals surface area contributed by atoms with Crippen molar-refractivity contribution in [3.05, 3.63) is 71.5 Å². The zero-order chi connectivity index (χ0) is 21.0. The average molecular weight is 438 g/mol. The first kappa shape index (κ1) is 20.8. The summed E-state index contributed by atoms with van der Waals surface area (Å²) in [5.41, 5.74) is 0.0830. The second-order valence-electron chi connectivity index (χ2n) is 5.82. The van der Waals surface area contributed by atoms with Crippen LogP contribution in [0.1, 0.15) is 0 Å². The van der Waals surface area contributed by atoms with Crippen molar-refractivity contribution in [3.63, 3.8) is 0 Å². The fourth-order valence-electron chi connectivity index (χ4n) is 2.50. The van der Waals surface area contributed by atoms with E-state index in [0.717, 1.165) is 12.1 Å². The minimum absolute atomic E-state index is 0.00134. The molecule has 0 aliphatic heterocycles. The predicted octanol–water partition coefficient (Wildman–Crippen LogP) is 5.09. The minimum Gasteiger partial charge on any atom is -0.497 e. The molecule has 0 fully saturated rings. The van der Waals surface area contributed by atoms with E-state index in [1.165, 1.54) is 25.3 Å². The van der Waals surface area contributed by atoms with Crippen LogP contribution < -0.4 is 18.9 Å². The van der Waals surface area contributed by atoms with Crippen LogP contribution in [0.5, 0.6) is 23.0 Å². The first-order valence-electron chi connectivity index (χ1n) is 8.30. The van der Waals surface area contributed by atoms with E-state index in [4.69, 9.17) is 25.8 Å². The van der Waals surface area contributed by atoms with Gasteiger partial charge in [0, 0.05) is 5.02 Å². The first-order valence-corrected chi connectivity index (χ1v) is 10.2. The van der Waals surface area contributed by atoms with E-state index >= 15 is 0 Å². The molecule has 0 saturated heterocycles. The maximum atomic E-state index is 13.6. The molecule has 0 saturated carbocycles. The smallest absolute Gasteiger partial charge is 0.265 e. The number of nitrogens with one attached hydrogen (secondary N) is 1. The lowest BCUT2D eigenvalue weighted by Crippen LogP contribution is -2.15. The normalized spacial score (nSPS) is 11.0. The summed E-state index contributed by atoms with van der Waals surface area (Å²) < 4.78 is 57.7. The fourth-order valence-corrected chi connectivity index (χ4v) is 3.92. The van der Waals surface area contributed by atoms with Gasteiger partial charge in [0.25, 0.3) is 10.0 Å². The van der Waals surface area contributed by atoms with Gasteiger partial charge < -0.3 is 14.2 Å². The molecule has 0 spiro atoms. The van der Waals surface area contributed by atoms with Crippen LogP contribution in [0.2, 0.25) is 5.02 Å². The van der Waals surface area contributed by atoms with E-state index in [1.54, 1.807) is 37.4 Å². The van der Waals surface area contributed by atoms with E-state index < -0.39 is 15.8 Å². The van der Waals surface area contributed by atoms with E-state index in [2.05, 4.69) is 4.72 Å². The highest BCUT2D eigenvalue weighted by molar-refractivity contribution is 7.92. The van der Waals surface area contributed by atoms with Crippen molar-refractivity contribution in [2.75, 3.05) is 18.9 Å². The van der Waals surface area contributed by atoms with Crippen molar-refractivity contribution in [2.24, 2.45) is 0 Å². The Morgan fingerprint density at radius 2 is 1.52 bits per heavy atom. The minimum atomic E-state index is -4.19. The molecule has 9 heteroatoms. The summed E-state index contributed by atoms with van der Waals surface area (Å²) in [6, 6.07) is 14.4. The van der Waals surface area contributed by atoms with Gasteiger partial charge in [0.05, 0.1) is 19.9 Å². The Balaban J connectivity index is 1.96. The monoisotopic (exact) mass is 437 g/mol. The molecular formula is C20H17ClFNO5S. The molecule has 3 aromatic rings. The summed E-state index contributed by atoms with van der Waals surface area (Å²) in [5.74, 6) is 0.591. The lowest BCUT2D eigenvalue weighted by atomic mass is 10.3. The predicted molar refractivity (Wildman–Crippen MR) is 108 cm³/mol. The fraction of sp³-hybridized carbons (Fsp3) is 0.100. The Kier molecular flexibility index (Phi) is 6.14. The molecule has 0 aromatic heterocycles. The van der Waals surface area contributed by atoms with Gasteiger partial charge in [-0.3, -0.25) is 4.72 Å². The number of hydrogen-bond acceptors (Lipinski definition) is 5. The van der Waals surface area contributed by atoms with E-state index in [9.17, 15) is 12.8 Å². The van der Waals surface area contributed by atoms with Crippen LogP contribution >= 0.6 is 11.6 Å². The Bertz CT molecular complexity index is 1120. The van der Waals surface area contributed by atoms with Gasteiger partial charge in [-0.05, 0) is 60.7 Å². The summed E-state index contributed by atoms with van der Waals surface area (Å²) >= 11 is 6.03. The standard InChI is InChI=1S/C20H17ClFNO5S/c1-26-15-5-7-16(8-6-15)28-18-9-3-13(21)11-17(18)23-29(24,25)20-12-14(22)4-10-19(20)27-2/h3-12,23H,1-2H3. The molecule has 3 aromatic carbocycles. The van der Waals surface area contributed by atoms with Crippen LogP contribution in [0.3, 0.4) is 0 Å². The van der Waals surface area contributed by atoms with Crippen molar-refractivity contribution in [2.45, 2.75) is 4.90 Å². The summed E-state index contributed by atoms with van der Waals surface area (Å²) in [7, 11) is -1.35. The van der Waals surface area contributed by atoms with Gasteiger partial charge in [-0.15, -0.1) is 0 Å². The lowest BCUT2D eigenvalue weighted by molar-refractivity contribution is 0.401. The molecule has 152 valence electrons. The third-order valence-corrected chi connectivity index (χ3v) is 5.51. The highest BCUT2D eigenvalue weighted by atomic mass is 35.5. The third-order valence-electron chi connectivity index (χ3n) is 3.89. The molecule has 0 atom stereocenters. The Hall–Kier alpha value is -2.97. The zero-order valence-corrected chi connectivity index (χ0v) is 17.1. The molecule has 0 aliphatic rings. The second kappa shape index (κ2) is 8.59. The van der Waals surface area contributed by atoms with Crippen LogP contribution in [0, 0.1) is 5.82 Å². The molecule has 0 unspecified atom stereocenters. The number of halogens is 2. The summed E-state index contributed by atoms with van der Waals surface area (Å²) in [5, 5.41) is 0.288. The van der Waals surface area contributed by atoms with E-state index in [1.807, 2.05) is 0 Å². The maximum Gasteiger partial charge on any atom is 0.265 e. The van der Waals surface area contributed by atoms with Crippen molar-refractivity contribution >= 4 is 27.3 Å². The zero-order valence-electron chi connectivity index (χ0n) is 15.5. The highest BCUT2D eigenvalue weighted by Crippen LogP contribution is 2.35. The Morgan fingerprint density at radius 3 is 2.17 bits per heavy atom. The first-order chi connectivity index (χ1) is 13.8. The van der Waals surface area contributed by atoms with Crippen LogP contribution in [-0.4, -0.2) is 22.6 Å². The molecule has 0 heterocycles. The van der Waals surface area contributed by atoms with Crippen molar-refractivity contribution in [1.29, 1.82) is 0 Å². The molecule has 0 aliphatic carbocycles. The summed E-state index contributed by atoms with van der Waals surface area (Å²) in [6.07, 6.45) is 0. The molecule has 0 bridgehead atoms. The van der Waals surface area contributed by atoms with Gasteiger partial charge in [-0.2, -0.15) is 0 Å². The largest absolute Gasteiger partial charge is 0.497 e. The summed E-state index contributed by atoms with van der Waals surface area (Å²) in [6.45, 7) is 0. The van der Waals surface area contributed by atoms with Crippen molar-refractivity contribution < 1.29 is 27.0 Å². The van der Waals surface area contributed by atoms with Gasteiger partial charge in [-0.1, -0.05) is 11.6 Å². The Labute approximate surface area is 172 Å². The highest BCUT2D eigenvalue weighted by Gasteiger charge is 2.22. The topological polar surface area (TPSA) is 73.9 Å². The third kappa shape index (κ3) is 4.90. The molecule has 3 rings (SSSR count). The van der Waals surface area contributed by atoms with Gasteiger partial charge >= 0.3 is 0 Å². The summed E-state index contributed by atoms with van der Waals surface area (Å²) in [4.78, 5) is -0.352. The van der Waals surface area contributed by atoms with Gasteiger partial charge in [-0.25, -0.2) is 12.8 Å². The molecule has 0 radical (unpaired) electrons. The number of benzene rings is 3. The van der Waals surface area contributed by atoms with Crippen molar-refractivity contribution in [3.8, 4) is 23.0 Å². The number of rotatable bonds is 7. The van der Waals surface area contributed by atoms with Gasteiger partial charge in [0.15, 0.2) is 5.75 Å². The molecule has 6 nitrogen and oxygen atoms in total. The van der Waals surface area contributed by atoms with Gasteiger partial charge in [0.2, 0.25) is 0 Å². The number of ether oxygens (including phenoxy) is 3. The second-order valence-corrected chi connectivity index (χ2v) is 7.91. The molecular weight excluding hydrogens is 421 g/mol. The number of hydrogen-bond donors (Lipinski definition) is 1. The van der Waals surface area contributed by atoms with Crippen molar-refractivity contribution in [1.82, 2.24) is 0 Å².